The molecule has 0 amide bonds. The van der Waals surface area contributed by atoms with Crippen LogP contribution in [0, 0.1) is 30.0 Å². The minimum absolute atomic E-state index is 0.0201. The zero-order valence-corrected chi connectivity index (χ0v) is 20.3. The fourth-order valence-corrected chi connectivity index (χ4v) is 5.03. The zero-order valence-electron chi connectivity index (χ0n) is 19.4. The summed E-state index contributed by atoms with van der Waals surface area (Å²) in [5.74, 6) is 2.07. The summed E-state index contributed by atoms with van der Waals surface area (Å²) in [5, 5.41) is 10.8. The van der Waals surface area contributed by atoms with Crippen molar-refractivity contribution in [2.45, 2.75) is 30.8 Å². The number of nitrogens with one attached hydrogen (secondary N) is 1. The van der Waals surface area contributed by atoms with Gasteiger partial charge in [-0.15, -0.1) is 11.5 Å². The number of hydrogen-bond donors (Lipinski definition) is 2. The average Bonchev–Trinajstić information content (AvgIpc) is 3.36. The third kappa shape index (κ3) is 4.56. The van der Waals surface area contributed by atoms with E-state index >= 15 is 0 Å². The predicted molar refractivity (Wildman–Crippen MR) is 125 cm³/mol. The van der Waals surface area contributed by atoms with Gasteiger partial charge >= 0.3 is 6.01 Å². The molecule has 3 aromatic rings. The number of nitrogens with zero attached hydrogens (tertiary/aromatic N) is 4. The number of anilines is 1. The normalized spacial score (nSPS) is 20.5. The average molecular weight is 501 g/mol. The first-order chi connectivity index (χ1) is 16.6. The first-order valence-electron chi connectivity index (χ1n) is 10.9. The van der Waals surface area contributed by atoms with Crippen molar-refractivity contribution >= 4 is 15.5 Å². The summed E-state index contributed by atoms with van der Waals surface area (Å²) >= 11 is 0. The molecular formula is C23H25FN6O4S. The van der Waals surface area contributed by atoms with Gasteiger partial charge in [0.05, 0.1) is 34.2 Å². The molecule has 0 bridgehead atoms. The maximum absolute atomic E-state index is 14.6. The van der Waals surface area contributed by atoms with Crippen LogP contribution in [-0.2, 0) is 15.4 Å². The van der Waals surface area contributed by atoms with Crippen LogP contribution in [0.1, 0.15) is 31.6 Å². The van der Waals surface area contributed by atoms with Crippen LogP contribution in [0.25, 0.3) is 11.3 Å². The van der Waals surface area contributed by atoms with Gasteiger partial charge in [-0.05, 0) is 24.6 Å². The maximum atomic E-state index is 14.6. The molecule has 0 radical (unpaired) electrons. The van der Waals surface area contributed by atoms with Gasteiger partial charge in [0.1, 0.15) is 5.82 Å². The summed E-state index contributed by atoms with van der Waals surface area (Å²) in [6.45, 7) is 5.40. The monoisotopic (exact) mass is 500 g/mol. The molecule has 2 unspecified atom stereocenters. The molecule has 1 aliphatic rings. The molecule has 184 valence electrons. The van der Waals surface area contributed by atoms with Gasteiger partial charge < -0.3 is 20.3 Å². The molecule has 0 spiro atoms. The molecule has 3 N–H and O–H groups in total. The van der Waals surface area contributed by atoms with Gasteiger partial charge in [0.25, 0.3) is 0 Å². The molecule has 0 aliphatic carbocycles. The Hall–Kier alpha value is -3.56. The zero-order chi connectivity index (χ0) is 25.4. The topological polar surface area (TPSA) is 146 Å². The minimum Gasteiger partial charge on any atom is -0.448 e. The number of halogens is 1. The standard InChI is InChI=1S/C23H25FN6O4S/c1-5-14-10-27-22(29-21(14)16-8-15(35(4,31)32)9-18(24)20(16)25)33-23(19-12-28-30-34-19)6-7-26-11-17(23)13(2)3/h1,8-10,12-13,17,26H,6-7,11,25H2,2-4H3. The van der Waals surface area contributed by atoms with Crippen molar-refractivity contribution in [3.63, 3.8) is 0 Å². The van der Waals surface area contributed by atoms with E-state index in [0.29, 0.717) is 25.3 Å². The Kier molecular flexibility index (Phi) is 6.48. The number of benzene rings is 1. The van der Waals surface area contributed by atoms with Gasteiger partial charge in [-0.1, -0.05) is 19.8 Å². The van der Waals surface area contributed by atoms with Gasteiger partial charge in [0.2, 0.25) is 5.76 Å². The largest absolute Gasteiger partial charge is 0.448 e. The van der Waals surface area contributed by atoms with E-state index in [9.17, 15) is 12.8 Å². The van der Waals surface area contributed by atoms with Crippen molar-refractivity contribution in [2.75, 3.05) is 25.1 Å². The highest BCUT2D eigenvalue weighted by Crippen LogP contribution is 2.43. The van der Waals surface area contributed by atoms with Gasteiger partial charge in [0.15, 0.2) is 15.4 Å². The highest BCUT2D eigenvalue weighted by atomic mass is 32.2. The summed E-state index contributed by atoms with van der Waals surface area (Å²) in [5.41, 5.74) is 4.97. The van der Waals surface area contributed by atoms with E-state index < -0.39 is 21.3 Å². The first kappa shape index (κ1) is 24.6. The van der Waals surface area contributed by atoms with Crippen molar-refractivity contribution < 1.29 is 22.1 Å². The molecule has 0 saturated carbocycles. The molecule has 10 nitrogen and oxygen atoms in total. The third-order valence-corrected chi connectivity index (χ3v) is 7.29. The molecule has 1 fully saturated rings. The molecule has 3 heterocycles. The van der Waals surface area contributed by atoms with Crippen molar-refractivity contribution in [1.82, 2.24) is 25.7 Å². The van der Waals surface area contributed by atoms with E-state index in [0.717, 1.165) is 12.3 Å². The van der Waals surface area contributed by atoms with Crippen LogP contribution < -0.4 is 15.8 Å². The SMILES string of the molecule is C#Cc1cnc(OC2(c3cnno3)CCNCC2C(C)C)nc1-c1cc(S(C)(=O)=O)cc(F)c1N. The second kappa shape index (κ2) is 9.24. The summed E-state index contributed by atoms with van der Waals surface area (Å²) < 4.78 is 50.7. The van der Waals surface area contributed by atoms with Gasteiger partial charge in [0, 0.05) is 36.0 Å². The highest BCUT2D eigenvalue weighted by Gasteiger charge is 2.50. The van der Waals surface area contributed by atoms with Crippen LogP contribution in [0.2, 0.25) is 0 Å². The van der Waals surface area contributed by atoms with Gasteiger partial charge in [-0.2, -0.15) is 4.98 Å². The van der Waals surface area contributed by atoms with Crippen LogP contribution in [0.15, 0.2) is 33.9 Å². The van der Waals surface area contributed by atoms with Crippen LogP contribution in [0.3, 0.4) is 0 Å². The van der Waals surface area contributed by atoms with E-state index in [-0.39, 0.29) is 45.2 Å². The smallest absolute Gasteiger partial charge is 0.318 e. The van der Waals surface area contributed by atoms with Gasteiger partial charge in [-0.25, -0.2) is 17.8 Å². The lowest BCUT2D eigenvalue weighted by atomic mass is 9.74. The maximum Gasteiger partial charge on any atom is 0.318 e. The van der Waals surface area contributed by atoms with E-state index in [4.69, 9.17) is 21.4 Å². The Balaban J connectivity index is 1.87. The number of nitrogens with two attached hydrogens (primary N) is 1. The number of hydrogen-bond acceptors (Lipinski definition) is 10. The summed E-state index contributed by atoms with van der Waals surface area (Å²) in [4.78, 5) is 8.47. The lowest BCUT2D eigenvalue weighted by Gasteiger charge is -2.43. The summed E-state index contributed by atoms with van der Waals surface area (Å²) in [7, 11) is -3.74. The fourth-order valence-electron chi connectivity index (χ4n) is 4.38. The van der Waals surface area contributed by atoms with Crippen molar-refractivity contribution in [3.05, 3.63) is 41.7 Å². The Morgan fingerprint density at radius 3 is 2.77 bits per heavy atom. The van der Waals surface area contributed by atoms with Crippen molar-refractivity contribution in [3.8, 4) is 29.6 Å². The lowest BCUT2D eigenvalue weighted by molar-refractivity contribution is -0.0657. The van der Waals surface area contributed by atoms with E-state index in [1.165, 1.54) is 18.5 Å². The first-order valence-corrected chi connectivity index (χ1v) is 12.8. The second-order valence-corrected chi connectivity index (χ2v) is 10.8. The number of nitrogen functional groups attached to an aromatic ring is 1. The van der Waals surface area contributed by atoms with Crippen LogP contribution in [-0.4, -0.2) is 48.1 Å². The predicted octanol–water partition coefficient (Wildman–Crippen LogP) is 2.17. The van der Waals surface area contributed by atoms with Crippen molar-refractivity contribution in [2.24, 2.45) is 11.8 Å². The summed E-state index contributed by atoms with van der Waals surface area (Å²) in [6, 6.07) is 2.03. The molecule has 2 aromatic heterocycles. The molecule has 4 rings (SSSR count). The number of sulfone groups is 1. The Morgan fingerprint density at radius 2 is 2.14 bits per heavy atom. The number of piperidine rings is 1. The van der Waals surface area contributed by atoms with E-state index in [1.807, 2.05) is 0 Å². The Labute approximate surface area is 202 Å². The molecule has 1 aliphatic heterocycles. The van der Waals surface area contributed by atoms with E-state index in [1.54, 1.807) is 0 Å². The molecule has 2 atom stereocenters. The molecule has 1 saturated heterocycles. The fraction of sp³-hybridized carbons (Fsp3) is 0.391. The molecule has 12 heteroatoms. The minimum atomic E-state index is -3.74. The van der Waals surface area contributed by atoms with Crippen LogP contribution in [0.5, 0.6) is 6.01 Å². The second-order valence-electron chi connectivity index (χ2n) is 8.78. The Bertz CT molecular complexity index is 1390. The van der Waals surface area contributed by atoms with Crippen molar-refractivity contribution in [1.29, 1.82) is 0 Å². The number of ether oxygens (including phenoxy) is 1. The third-order valence-electron chi connectivity index (χ3n) is 6.20. The number of rotatable bonds is 6. The highest BCUT2D eigenvalue weighted by molar-refractivity contribution is 7.90. The number of terminal acetylenes is 1. The summed E-state index contributed by atoms with van der Waals surface area (Å²) in [6.07, 6.45) is 9.97. The molecular weight excluding hydrogens is 475 g/mol. The quantitative estimate of drug-likeness (QED) is 0.381. The lowest BCUT2D eigenvalue weighted by Crippen LogP contribution is -2.53. The molecule has 35 heavy (non-hydrogen) atoms. The van der Waals surface area contributed by atoms with Crippen LogP contribution >= 0.6 is 0 Å². The van der Waals surface area contributed by atoms with Crippen LogP contribution in [0.4, 0.5) is 10.1 Å². The number of aromatic nitrogens is 4. The van der Waals surface area contributed by atoms with E-state index in [2.05, 4.69) is 45.4 Å². The van der Waals surface area contributed by atoms with Gasteiger partial charge in [-0.3, -0.25) is 0 Å². The molecule has 1 aromatic carbocycles. The Morgan fingerprint density at radius 1 is 1.37 bits per heavy atom.